The largest absolute Gasteiger partial charge is 0.375 e. The highest BCUT2D eigenvalue weighted by Crippen LogP contribution is 2.31. The van der Waals surface area contributed by atoms with Crippen molar-refractivity contribution in [3.05, 3.63) is 36.2 Å². The van der Waals surface area contributed by atoms with Gasteiger partial charge in [0.15, 0.2) is 5.82 Å². The van der Waals surface area contributed by atoms with Crippen LogP contribution in [0.5, 0.6) is 0 Å². The second kappa shape index (κ2) is 6.90. The number of hydrogen-bond donors (Lipinski definition) is 1. The first-order valence-corrected chi connectivity index (χ1v) is 8.35. The van der Waals surface area contributed by atoms with Gasteiger partial charge in [0.25, 0.3) is 0 Å². The molecule has 3 rings (SSSR count). The fourth-order valence-electron chi connectivity index (χ4n) is 3.23. The van der Waals surface area contributed by atoms with E-state index in [2.05, 4.69) is 51.5 Å². The van der Waals surface area contributed by atoms with Crippen molar-refractivity contribution in [2.75, 3.05) is 5.32 Å². The number of rotatable bonds is 5. The first kappa shape index (κ1) is 15.0. The first-order chi connectivity index (χ1) is 10.8. The standard InChI is InChI=1S/C17H25N5/c1-13(2)16(18-14-9-5-3-6-10-14)17-19-20-21-22(17)15-11-7-4-8-12-15/h3,5-6,9-10,13,15-16,18H,4,7-8,11-12H2,1-2H3/t16-/m1/s1. The number of tetrazole rings is 1. The monoisotopic (exact) mass is 299 g/mol. The van der Waals surface area contributed by atoms with Gasteiger partial charge in [0.05, 0.1) is 12.1 Å². The molecule has 1 N–H and O–H groups in total. The van der Waals surface area contributed by atoms with Crippen molar-refractivity contribution in [1.29, 1.82) is 0 Å². The Kier molecular flexibility index (Phi) is 4.71. The molecule has 1 saturated carbocycles. The zero-order chi connectivity index (χ0) is 15.4. The summed E-state index contributed by atoms with van der Waals surface area (Å²) < 4.78 is 2.07. The lowest BCUT2D eigenvalue weighted by Gasteiger charge is -2.27. The molecule has 2 aromatic rings. The number of nitrogens with zero attached hydrogens (tertiary/aromatic N) is 4. The first-order valence-electron chi connectivity index (χ1n) is 8.35. The molecule has 0 unspecified atom stereocenters. The average Bonchev–Trinajstić information content (AvgIpc) is 3.03. The lowest BCUT2D eigenvalue weighted by Crippen LogP contribution is -2.25. The summed E-state index contributed by atoms with van der Waals surface area (Å²) in [5, 5.41) is 16.2. The lowest BCUT2D eigenvalue weighted by atomic mass is 9.95. The molecule has 1 aliphatic rings. The van der Waals surface area contributed by atoms with Crippen molar-refractivity contribution in [3.63, 3.8) is 0 Å². The maximum atomic E-state index is 4.35. The Morgan fingerprint density at radius 1 is 1.09 bits per heavy atom. The van der Waals surface area contributed by atoms with Crippen molar-refractivity contribution >= 4 is 5.69 Å². The van der Waals surface area contributed by atoms with Crippen LogP contribution in [-0.4, -0.2) is 20.2 Å². The summed E-state index contributed by atoms with van der Waals surface area (Å²) in [5.74, 6) is 1.37. The van der Waals surface area contributed by atoms with E-state index in [1.807, 2.05) is 18.2 Å². The number of hydrogen-bond acceptors (Lipinski definition) is 4. The van der Waals surface area contributed by atoms with E-state index in [0.717, 1.165) is 11.5 Å². The molecule has 1 fully saturated rings. The summed E-state index contributed by atoms with van der Waals surface area (Å²) in [6.45, 7) is 4.42. The van der Waals surface area contributed by atoms with Crippen molar-refractivity contribution in [1.82, 2.24) is 20.2 Å². The van der Waals surface area contributed by atoms with Crippen molar-refractivity contribution < 1.29 is 0 Å². The Bertz CT molecular complexity index is 572. The Morgan fingerprint density at radius 3 is 2.50 bits per heavy atom. The van der Waals surface area contributed by atoms with E-state index in [-0.39, 0.29) is 6.04 Å². The molecule has 0 radical (unpaired) electrons. The minimum atomic E-state index is 0.124. The number of aromatic nitrogens is 4. The van der Waals surface area contributed by atoms with Gasteiger partial charge >= 0.3 is 0 Å². The molecule has 5 nitrogen and oxygen atoms in total. The van der Waals surface area contributed by atoms with Gasteiger partial charge in [-0.1, -0.05) is 51.3 Å². The summed E-state index contributed by atoms with van der Waals surface area (Å²) in [7, 11) is 0. The number of para-hydroxylation sites is 1. The lowest BCUT2D eigenvalue weighted by molar-refractivity contribution is 0.308. The van der Waals surface area contributed by atoms with E-state index in [0.29, 0.717) is 12.0 Å². The van der Waals surface area contributed by atoms with Gasteiger partial charge in [0.1, 0.15) is 0 Å². The van der Waals surface area contributed by atoms with Crippen LogP contribution in [0.3, 0.4) is 0 Å². The Morgan fingerprint density at radius 2 is 1.82 bits per heavy atom. The Hall–Kier alpha value is -1.91. The fourth-order valence-corrected chi connectivity index (χ4v) is 3.23. The van der Waals surface area contributed by atoms with Crippen LogP contribution in [0.1, 0.15) is 63.9 Å². The van der Waals surface area contributed by atoms with Crippen LogP contribution in [0.25, 0.3) is 0 Å². The number of nitrogens with one attached hydrogen (secondary N) is 1. The van der Waals surface area contributed by atoms with Crippen molar-refractivity contribution in [2.45, 2.75) is 58.0 Å². The highest BCUT2D eigenvalue weighted by molar-refractivity contribution is 5.44. The zero-order valence-electron chi connectivity index (χ0n) is 13.4. The highest BCUT2D eigenvalue weighted by atomic mass is 15.6. The molecular formula is C17H25N5. The van der Waals surface area contributed by atoms with Crippen LogP contribution in [0.4, 0.5) is 5.69 Å². The van der Waals surface area contributed by atoms with Crippen molar-refractivity contribution in [3.8, 4) is 0 Å². The molecule has 1 aromatic carbocycles. The van der Waals surface area contributed by atoms with E-state index >= 15 is 0 Å². The Balaban J connectivity index is 1.84. The molecule has 0 spiro atoms. The molecule has 22 heavy (non-hydrogen) atoms. The van der Waals surface area contributed by atoms with Crippen LogP contribution in [-0.2, 0) is 0 Å². The second-order valence-corrected chi connectivity index (χ2v) is 6.51. The van der Waals surface area contributed by atoms with Gasteiger partial charge in [-0.3, -0.25) is 0 Å². The molecule has 1 aliphatic carbocycles. The SMILES string of the molecule is CC(C)[C@@H](Nc1ccccc1)c1nnnn1C1CCCCC1. The van der Waals surface area contributed by atoms with Gasteiger partial charge in [0.2, 0.25) is 0 Å². The molecule has 5 heteroatoms. The summed E-state index contributed by atoms with van der Waals surface area (Å²) in [6.07, 6.45) is 6.27. The third kappa shape index (κ3) is 3.29. The Labute approximate surface area is 132 Å². The minimum Gasteiger partial charge on any atom is -0.375 e. The van der Waals surface area contributed by atoms with Crippen molar-refractivity contribution in [2.24, 2.45) is 5.92 Å². The third-order valence-electron chi connectivity index (χ3n) is 4.48. The molecule has 0 aliphatic heterocycles. The average molecular weight is 299 g/mol. The molecular weight excluding hydrogens is 274 g/mol. The quantitative estimate of drug-likeness (QED) is 0.907. The zero-order valence-corrected chi connectivity index (χ0v) is 13.4. The van der Waals surface area contributed by atoms with Crippen LogP contribution in [0, 0.1) is 5.92 Å². The topological polar surface area (TPSA) is 55.6 Å². The maximum Gasteiger partial charge on any atom is 0.174 e. The van der Waals surface area contributed by atoms with Crippen LogP contribution in [0.15, 0.2) is 30.3 Å². The summed E-state index contributed by atoms with van der Waals surface area (Å²) in [6, 6.07) is 10.9. The summed E-state index contributed by atoms with van der Waals surface area (Å²) >= 11 is 0. The smallest absolute Gasteiger partial charge is 0.174 e. The van der Waals surface area contributed by atoms with Gasteiger partial charge in [-0.2, -0.15) is 0 Å². The van der Waals surface area contributed by atoms with E-state index in [1.165, 1.54) is 32.1 Å². The maximum absolute atomic E-state index is 4.35. The van der Waals surface area contributed by atoms with Gasteiger partial charge in [-0.15, -0.1) is 5.10 Å². The molecule has 0 saturated heterocycles. The molecule has 1 heterocycles. The van der Waals surface area contributed by atoms with Gasteiger partial charge in [-0.25, -0.2) is 4.68 Å². The van der Waals surface area contributed by atoms with Crippen LogP contribution in [0.2, 0.25) is 0 Å². The predicted molar refractivity (Wildman–Crippen MR) is 87.6 cm³/mol. The predicted octanol–water partition coefficient (Wildman–Crippen LogP) is 3.99. The van der Waals surface area contributed by atoms with E-state index in [1.54, 1.807) is 0 Å². The molecule has 0 bridgehead atoms. The second-order valence-electron chi connectivity index (χ2n) is 6.51. The fraction of sp³-hybridized carbons (Fsp3) is 0.588. The summed E-state index contributed by atoms with van der Waals surface area (Å²) in [5.41, 5.74) is 1.11. The van der Waals surface area contributed by atoms with E-state index in [4.69, 9.17) is 0 Å². The van der Waals surface area contributed by atoms with Crippen LogP contribution >= 0.6 is 0 Å². The van der Waals surface area contributed by atoms with E-state index in [9.17, 15) is 0 Å². The molecule has 1 aromatic heterocycles. The highest BCUT2D eigenvalue weighted by Gasteiger charge is 2.27. The minimum absolute atomic E-state index is 0.124. The molecule has 1 atom stereocenters. The molecule has 0 amide bonds. The molecule has 118 valence electrons. The van der Waals surface area contributed by atoms with Gasteiger partial charge in [0, 0.05) is 5.69 Å². The van der Waals surface area contributed by atoms with Gasteiger partial charge < -0.3 is 5.32 Å². The number of anilines is 1. The summed E-state index contributed by atoms with van der Waals surface area (Å²) in [4.78, 5) is 0. The normalized spacial score (nSPS) is 17.6. The van der Waals surface area contributed by atoms with Crippen LogP contribution < -0.4 is 5.32 Å². The van der Waals surface area contributed by atoms with E-state index < -0.39 is 0 Å². The number of benzene rings is 1. The van der Waals surface area contributed by atoms with Gasteiger partial charge in [-0.05, 0) is 41.3 Å². The third-order valence-corrected chi connectivity index (χ3v) is 4.48.